The second-order valence-corrected chi connectivity index (χ2v) is 5.94. The molecule has 1 saturated heterocycles. The van der Waals surface area contributed by atoms with E-state index < -0.39 is 12.3 Å². The average molecular weight is 311 g/mol. The lowest BCUT2D eigenvalue weighted by Gasteiger charge is -2.13. The first-order valence-electron chi connectivity index (χ1n) is 7.91. The van der Waals surface area contributed by atoms with Gasteiger partial charge in [0.05, 0.1) is 0 Å². The maximum Gasteiger partial charge on any atom is 0.323 e. The van der Waals surface area contributed by atoms with Gasteiger partial charge in [0.1, 0.15) is 18.9 Å². The van der Waals surface area contributed by atoms with Crippen LogP contribution in [0.5, 0.6) is 0 Å². The summed E-state index contributed by atoms with van der Waals surface area (Å²) in [7, 11) is 0. The van der Waals surface area contributed by atoms with E-state index in [-0.39, 0.29) is 18.5 Å². The lowest BCUT2D eigenvalue weighted by molar-refractivity contribution is -0.147. The van der Waals surface area contributed by atoms with E-state index in [9.17, 15) is 9.90 Å². The Morgan fingerprint density at radius 1 is 1.04 bits per heavy atom. The van der Waals surface area contributed by atoms with E-state index in [1.165, 1.54) is 0 Å². The van der Waals surface area contributed by atoms with Crippen molar-refractivity contribution in [1.29, 1.82) is 0 Å². The molecule has 1 unspecified atom stereocenters. The van der Waals surface area contributed by atoms with Gasteiger partial charge in [-0.25, -0.2) is 0 Å². The predicted octanol–water partition coefficient (Wildman–Crippen LogP) is 2.27. The molecule has 4 heteroatoms. The lowest BCUT2D eigenvalue weighted by atomic mass is 9.95. The molecule has 0 saturated carbocycles. The molecule has 1 heterocycles. The van der Waals surface area contributed by atoms with Crippen LogP contribution in [-0.4, -0.2) is 23.3 Å². The molecule has 0 aromatic heterocycles. The number of aliphatic hydroxyl groups excluding tert-OH is 1. The van der Waals surface area contributed by atoms with E-state index >= 15 is 0 Å². The molecular weight excluding hydrogens is 290 g/mol. The minimum absolute atomic E-state index is 0.0201. The molecule has 3 atom stereocenters. The second kappa shape index (κ2) is 7.40. The predicted molar refractivity (Wildman–Crippen MR) is 87.4 cm³/mol. The number of rotatable bonds is 5. The van der Waals surface area contributed by atoms with Crippen molar-refractivity contribution in [2.75, 3.05) is 0 Å². The second-order valence-electron chi connectivity index (χ2n) is 5.94. The quantitative estimate of drug-likeness (QED) is 0.832. The van der Waals surface area contributed by atoms with Crippen LogP contribution in [0.4, 0.5) is 0 Å². The summed E-state index contributed by atoms with van der Waals surface area (Å²) < 4.78 is 5.35. The third kappa shape index (κ3) is 4.18. The minimum Gasteiger partial charge on any atom is -0.460 e. The summed E-state index contributed by atoms with van der Waals surface area (Å²) in [4.78, 5) is 12.2. The van der Waals surface area contributed by atoms with Crippen molar-refractivity contribution in [1.82, 2.24) is 5.32 Å². The summed E-state index contributed by atoms with van der Waals surface area (Å²) in [5.41, 5.74) is 2.12. The zero-order valence-electron chi connectivity index (χ0n) is 12.9. The SMILES string of the molecule is O=C(OCc1ccccc1)[C@H]1C[C@H](Cc2ccccc2)C(O)N1. The molecule has 2 aromatic carbocycles. The largest absolute Gasteiger partial charge is 0.460 e. The molecule has 1 aliphatic heterocycles. The van der Waals surface area contributed by atoms with Crippen LogP contribution >= 0.6 is 0 Å². The minimum atomic E-state index is -0.676. The van der Waals surface area contributed by atoms with Crippen molar-refractivity contribution in [3.05, 3.63) is 71.8 Å². The Hall–Kier alpha value is -2.17. The van der Waals surface area contributed by atoms with Crippen molar-refractivity contribution in [3.63, 3.8) is 0 Å². The first-order chi connectivity index (χ1) is 11.2. The van der Waals surface area contributed by atoms with Gasteiger partial charge in [-0.3, -0.25) is 10.1 Å². The van der Waals surface area contributed by atoms with Crippen molar-refractivity contribution < 1.29 is 14.6 Å². The first kappa shape index (κ1) is 15.7. The Labute approximate surface area is 136 Å². The van der Waals surface area contributed by atoms with Crippen molar-refractivity contribution in [2.45, 2.75) is 31.7 Å². The van der Waals surface area contributed by atoms with Crippen molar-refractivity contribution in [3.8, 4) is 0 Å². The maximum absolute atomic E-state index is 12.2. The Morgan fingerprint density at radius 2 is 1.65 bits per heavy atom. The molecular formula is C19H21NO3. The third-order valence-corrected chi connectivity index (χ3v) is 4.21. The molecule has 0 radical (unpaired) electrons. The fourth-order valence-corrected chi connectivity index (χ4v) is 2.95. The van der Waals surface area contributed by atoms with Gasteiger partial charge in [0.25, 0.3) is 0 Å². The van der Waals surface area contributed by atoms with E-state index in [1.54, 1.807) is 0 Å². The summed E-state index contributed by atoms with van der Waals surface area (Å²) in [5, 5.41) is 13.1. The topological polar surface area (TPSA) is 58.6 Å². The number of esters is 1. The van der Waals surface area contributed by atoms with Gasteiger partial charge >= 0.3 is 5.97 Å². The van der Waals surface area contributed by atoms with Gasteiger partial charge < -0.3 is 9.84 Å². The van der Waals surface area contributed by atoms with Gasteiger partial charge in [-0.15, -0.1) is 0 Å². The Kier molecular flexibility index (Phi) is 5.05. The van der Waals surface area contributed by atoms with Gasteiger partial charge in [0, 0.05) is 5.92 Å². The Morgan fingerprint density at radius 3 is 2.30 bits per heavy atom. The number of benzene rings is 2. The average Bonchev–Trinajstić information content (AvgIpc) is 2.95. The van der Waals surface area contributed by atoms with Gasteiger partial charge in [-0.1, -0.05) is 60.7 Å². The van der Waals surface area contributed by atoms with E-state index in [1.807, 2.05) is 60.7 Å². The molecule has 2 aromatic rings. The third-order valence-electron chi connectivity index (χ3n) is 4.21. The van der Waals surface area contributed by atoms with E-state index in [4.69, 9.17) is 4.74 Å². The number of aliphatic hydroxyl groups is 1. The fourth-order valence-electron chi connectivity index (χ4n) is 2.95. The van der Waals surface area contributed by atoms with Gasteiger partial charge in [-0.05, 0) is 24.0 Å². The Balaban J connectivity index is 1.52. The standard InChI is InChI=1S/C19H21NO3/c21-18-16(11-14-7-3-1-4-8-14)12-17(20-18)19(22)23-13-15-9-5-2-6-10-15/h1-10,16-18,20-21H,11-13H2/t16-,17+,18?/m0/s1. The molecule has 120 valence electrons. The molecule has 0 amide bonds. The van der Waals surface area contributed by atoms with Crippen LogP contribution in [0, 0.1) is 5.92 Å². The summed E-state index contributed by atoms with van der Waals surface area (Å²) in [6.07, 6.45) is 0.658. The molecule has 3 rings (SSSR count). The number of nitrogens with one attached hydrogen (secondary N) is 1. The number of carbonyl (C=O) groups is 1. The molecule has 0 spiro atoms. The number of hydrogen-bond donors (Lipinski definition) is 2. The van der Waals surface area contributed by atoms with Crippen molar-refractivity contribution >= 4 is 5.97 Å². The first-order valence-corrected chi connectivity index (χ1v) is 7.91. The highest BCUT2D eigenvalue weighted by Gasteiger charge is 2.37. The van der Waals surface area contributed by atoms with E-state index in [0.717, 1.165) is 17.5 Å². The van der Waals surface area contributed by atoms with Gasteiger partial charge in [0.2, 0.25) is 0 Å². The van der Waals surface area contributed by atoms with Crippen LogP contribution in [0.25, 0.3) is 0 Å². The molecule has 1 fully saturated rings. The summed E-state index contributed by atoms with van der Waals surface area (Å²) in [6, 6.07) is 19.2. The number of ether oxygens (including phenoxy) is 1. The molecule has 23 heavy (non-hydrogen) atoms. The highest BCUT2D eigenvalue weighted by Crippen LogP contribution is 2.24. The van der Waals surface area contributed by atoms with Crippen LogP contribution < -0.4 is 5.32 Å². The zero-order valence-corrected chi connectivity index (χ0v) is 12.9. The highest BCUT2D eigenvalue weighted by atomic mass is 16.5. The highest BCUT2D eigenvalue weighted by molar-refractivity contribution is 5.76. The van der Waals surface area contributed by atoms with E-state index in [2.05, 4.69) is 5.32 Å². The molecule has 2 N–H and O–H groups in total. The number of hydrogen-bond acceptors (Lipinski definition) is 4. The smallest absolute Gasteiger partial charge is 0.323 e. The normalized spacial score (nSPS) is 23.6. The van der Waals surface area contributed by atoms with Gasteiger partial charge in [0.15, 0.2) is 0 Å². The van der Waals surface area contributed by atoms with Crippen LogP contribution in [0.15, 0.2) is 60.7 Å². The lowest BCUT2D eigenvalue weighted by Crippen LogP contribution is -2.37. The van der Waals surface area contributed by atoms with Crippen molar-refractivity contribution in [2.24, 2.45) is 5.92 Å². The summed E-state index contributed by atoms with van der Waals surface area (Å²) in [5.74, 6) is -0.282. The Bertz CT molecular complexity index is 630. The van der Waals surface area contributed by atoms with Crippen LogP contribution in [0.1, 0.15) is 17.5 Å². The summed E-state index contributed by atoms with van der Waals surface area (Å²) in [6.45, 7) is 0.261. The molecule has 1 aliphatic rings. The maximum atomic E-state index is 12.2. The summed E-state index contributed by atoms with van der Waals surface area (Å²) >= 11 is 0. The zero-order chi connectivity index (χ0) is 16.1. The fraction of sp³-hybridized carbons (Fsp3) is 0.316. The van der Waals surface area contributed by atoms with Crippen LogP contribution in [-0.2, 0) is 22.6 Å². The number of carbonyl (C=O) groups excluding carboxylic acids is 1. The van der Waals surface area contributed by atoms with Crippen LogP contribution in [0.2, 0.25) is 0 Å². The van der Waals surface area contributed by atoms with Crippen LogP contribution in [0.3, 0.4) is 0 Å². The molecule has 0 bridgehead atoms. The van der Waals surface area contributed by atoms with E-state index in [0.29, 0.717) is 6.42 Å². The molecule has 4 nitrogen and oxygen atoms in total. The molecule has 0 aliphatic carbocycles. The van der Waals surface area contributed by atoms with Gasteiger partial charge in [-0.2, -0.15) is 0 Å². The monoisotopic (exact) mass is 311 g/mol.